The minimum absolute atomic E-state index is 0.0377. The lowest BCUT2D eigenvalue weighted by atomic mass is 10.2. The average Bonchev–Trinajstić information content (AvgIpc) is 2.88. The molecular formula is C33H61N5O10. The van der Waals surface area contributed by atoms with E-state index in [0.29, 0.717) is 52.4 Å². The lowest BCUT2D eigenvalue weighted by Gasteiger charge is -2.34. The summed E-state index contributed by atoms with van der Waals surface area (Å²) in [5, 5.41) is 11.5. The maximum absolute atomic E-state index is 12.9. The lowest BCUT2D eigenvalue weighted by Crippen LogP contribution is -2.50. The van der Waals surface area contributed by atoms with Gasteiger partial charge < -0.3 is 29.4 Å². The first-order valence-electron chi connectivity index (χ1n) is 16.7. The SMILES string of the molecule is CC(C)(C)OC(=O)CN1CCN(CC(=O)NCCOCCC(=O)O)CCN(CC(=O)OC(C)(C)C)CCN(CC(=O)OC(C)(C)C)CC1. The molecule has 0 aromatic heterocycles. The molecule has 15 nitrogen and oxygen atoms in total. The zero-order valence-electron chi connectivity index (χ0n) is 30.7. The third-order valence-corrected chi connectivity index (χ3v) is 6.64. The molecule has 48 heavy (non-hydrogen) atoms. The summed E-state index contributed by atoms with van der Waals surface area (Å²) >= 11 is 0. The Balaban J connectivity index is 3.13. The zero-order chi connectivity index (χ0) is 36.5. The predicted octanol–water partition coefficient (Wildman–Crippen LogP) is 0.841. The Hall–Kier alpha value is -2.85. The van der Waals surface area contributed by atoms with E-state index in [1.165, 1.54) is 0 Å². The van der Waals surface area contributed by atoms with Gasteiger partial charge in [0.05, 0.1) is 45.8 Å². The summed E-state index contributed by atoms with van der Waals surface area (Å²) in [5.41, 5.74) is -1.94. The highest BCUT2D eigenvalue weighted by molar-refractivity contribution is 5.78. The number of carbonyl (C=O) groups is 5. The van der Waals surface area contributed by atoms with Gasteiger partial charge in [-0.3, -0.25) is 43.6 Å². The van der Waals surface area contributed by atoms with Crippen LogP contribution in [-0.4, -0.2) is 170 Å². The van der Waals surface area contributed by atoms with Crippen LogP contribution in [0.5, 0.6) is 0 Å². The third-order valence-electron chi connectivity index (χ3n) is 6.64. The van der Waals surface area contributed by atoms with Crippen molar-refractivity contribution in [2.24, 2.45) is 0 Å². The molecule has 0 saturated carbocycles. The number of carboxylic acids is 1. The number of aliphatic carboxylic acids is 1. The molecule has 0 aromatic carbocycles. The number of nitrogens with one attached hydrogen (secondary N) is 1. The number of rotatable bonds is 14. The largest absolute Gasteiger partial charge is 0.481 e. The molecule has 15 heteroatoms. The zero-order valence-corrected chi connectivity index (χ0v) is 30.7. The van der Waals surface area contributed by atoms with E-state index >= 15 is 0 Å². The molecule has 0 radical (unpaired) electrons. The number of amides is 1. The minimum Gasteiger partial charge on any atom is -0.481 e. The molecule has 0 atom stereocenters. The number of nitrogens with zero attached hydrogens (tertiary/aromatic N) is 4. The third kappa shape index (κ3) is 23.5. The highest BCUT2D eigenvalue weighted by Crippen LogP contribution is 2.11. The van der Waals surface area contributed by atoms with E-state index in [1.807, 2.05) is 81.9 Å². The van der Waals surface area contributed by atoms with Crippen LogP contribution in [0.3, 0.4) is 0 Å². The van der Waals surface area contributed by atoms with Gasteiger partial charge in [-0.15, -0.1) is 0 Å². The van der Waals surface area contributed by atoms with Crippen LogP contribution in [0.4, 0.5) is 0 Å². The summed E-state index contributed by atoms with van der Waals surface area (Å²) in [7, 11) is 0. The molecule has 1 heterocycles. The first kappa shape index (κ1) is 43.2. The van der Waals surface area contributed by atoms with Crippen LogP contribution >= 0.6 is 0 Å². The quantitative estimate of drug-likeness (QED) is 0.150. The summed E-state index contributed by atoms with van der Waals surface area (Å²) in [6.07, 6.45) is -0.111. The van der Waals surface area contributed by atoms with Crippen molar-refractivity contribution in [2.75, 3.05) is 98.3 Å². The molecular weight excluding hydrogens is 626 g/mol. The number of ether oxygens (including phenoxy) is 4. The fourth-order valence-corrected chi connectivity index (χ4v) is 4.66. The van der Waals surface area contributed by atoms with Crippen LogP contribution in [-0.2, 0) is 42.9 Å². The second-order valence-corrected chi connectivity index (χ2v) is 15.0. The van der Waals surface area contributed by atoms with Gasteiger partial charge in [0.2, 0.25) is 5.91 Å². The summed E-state index contributed by atoms with van der Waals surface area (Å²) < 4.78 is 22.0. The van der Waals surface area contributed by atoms with Crippen LogP contribution in [0, 0.1) is 0 Å². The van der Waals surface area contributed by atoms with Crippen molar-refractivity contribution >= 4 is 29.8 Å². The number of carboxylic acid groups (broad SMARTS) is 1. The van der Waals surface area contributed by atoms with E-state index in [1.54, 1.807) is 0 Å². The second kappa shape index (κ2) is 20.6. The van der Waals surface area contributed by atoms with Gasteiger partial charge in [-0.2, -0.15) is 0 Å². The summed E-state index contributed by atoms with van der Waals surface area (Å²) in [4.78, 5) is 69.8. The molecule has 0 spiro atoms. The van der Waals surface area contributed by atoms with Crippen molar-refractivity contribution in [1.29, 1.82) is 0 Å². The van der Waals surface area contributed by atoms with Gasteiger partial charge in [-0.1, -0.05) is 0 Å². The highest BCUT2D eigenvalue weighted by Gasteiger charge is 2.26. The number of hydrogen-bond donors (Lipinski definition) is 2. The van der Waals surface area contributed by atoms with Gasteiger partial charge in [0.1, 0.15) is 16.8 Å². The van der Waals surface area contributed by atoms with Crippen molar-refractivity contribution in [1.82, 2.24) is 24.9 Å². The molecule has 1 amide bonds. The Morgan fingerprint density at radius 2 is 0.854 bits per heavy atom. The van der Waals surface area contributed by atoms with E-state index in [-0.39, 0.29) is 76.2 Å². The molecule has 1 fully saturated rings. The van der Waals surface area contributed by atoms with Gasteiger partial charge >= 0.3 is 23.9 Å². The predicted molar refractivity (Wildman–Crippen MR) is 179 cm³/mol. The molecule has 2 N–H and O–H groups in total. The maximum Gasteiger partial charge on any atom is 0.320 e. The summed E-state index contributed by atoms with van der Waals surface area (Å²) in [5.74, 6) is -2.29. The Morgan fingerprint density at radius 3 is 1.15 bits per heavy atom. The summed E-state index contributed by atoms with van der Waals surface area (Å²) in [6.45, 7) is 20.5. The molecule has 1 aliphatic heterocycles. The first-order valence-corrected chi connectivity index (χ1v) is 16.7. The normalized spacial score (nSPS) is 17.1. The van der Waals surface area contributed by atoms with Crippen molar-refractivity contribution in [3.63, 3.8) is 0 Å². The van der Waals surface area contributed by atoms with Crippen LogP contribution in [0.1, 0.15) is 68.7 Å². The van der Waals surface area contributed by atoms with Crippen molar-refractivity contribution in [2.45, 2.75) is 85.5 Å². The monoisotopic (exact) mass is 687 g/mol. The van der Waals surface area contributed by atoms with E-state index in [0.717, 1.165) is 0 Å². The fraction of sp³-hybridized carbons (Fsp3) is 0.848. The van der Waals surface area contributed by atoms with Crippen molar-refractivity contribution in [3.05, 3.63) is 0 Å². The molecule has 0 aromatic rings. The Labute approximate surface area is 286 Å². The fourth-order valence-electron chi connectivity index (χ4n) is 4.66. The molecule has 1 rings (SSSR count). The van der Waals surface area contributed by atoms with Gasteiger partial charge in [0.25, 0.3) is 0 Å². The van der Waals surface area contributed by atoms with Crippen LogP contribution in [0.25, 0.3) is 0 Å². The Morgan fingerprint density at radius 1 is 0.542 bits per heavy atom. The van der Waals surface area contributed by atoms with Crippen LogP contribution < -0.4 is 5.32 Å². The van der Waals surface area contributed by atoms with E-state index in [4.69, 9.17) is 24.1 Å². The van der Waals surface area contributed by atoms with E-state index in [2.05, 4.69) is 5.32 Å². The van der Waals surface area contributed by atoms with E-state index in [9.17, 15) is 24.0 Å². The molecule has 0 unspecified atom stereocenters. The topological polar surface area (TPSA) is 167 Å². The van der Waals surface area contributed by atoms with Crippen LogP contribution in [0.15, 0.2) is 0 Å². The van der Waals surface area contributed by atoms with Gasteiger partial charge in [0.15, 0.2) is 0 Å². The van der Waals surface area contributed by atoms with Gasteiger partial charge in [0, 0.05) is 58.9 Å². The van der Waals surface area contributed by atoms with Crippen LogP contribution in [0.2, 0.25) is 0 Å². The molecule has 0 aliphatic carbocycles. The van der Waals surface area contributed by atoms with Gasteiger partial charge in [-0.25, -0.2) is 0 Å². The molecule has 278 valence electrons. The molecule has 0 bridgehead atoms. The smallest absolute Gasteiger partial charge is 0.320 e. The summed E-state index contributed by atoms with van der Waals surface area (Å²) in [6, 6.07) is 0. The van der Waals surface area contributed by atoms with Crippen molar-refractivity contribution < 1.29 is 48.0 Å². The number of esters is 3. The molecule has 1 aliphatic rings. The lowest BCUT2D eigenvalue weighted by molar-refractivity contribution is -0.158. The standard InChI is InChI=1S/C33H61N5O10/c1-31(2,3)46-28(42)23-36-14-12-35(22-26(39)34-11-21-45-20-10-27(40)41)13-15-37(24-29(43)47-32(4,5)6)17-19-38(18-16-36)25-30(44)48-33(7,8)9/h10-25H2,1-9H3,(H,34,39)(H,40,41). The maximum atomic E-state index is 12.9. The van der Waals surface area contributed by atoms with E-state index < -0.39 is 22.8 Å². The number of hydrogen-bond acceptors (Lipinski definition) is 13. The Kier molecular flexibility index (Phi) is 18.5. The molecule has 1 saturated heterocycles. The Bertz CT molecular complexity index is 989. The average molecular weight is 688 g/mol. The number of carbonyl (C=O) groups excluding carboxylic acids is 4. The van der Waals surface area contributed by atoms with Crippen molar-refractivity contribution in [3.8, 4) is 0 Å². The first-order chi connectivity index (χ1) is 22.1. The highest BCUT2D eigenvalue weighted by atomic mass is 16.6. The van der Waals surface area contributed by atoms with Gasteiger partial charge in [-0.05, 0) is 62.3 Å². The minimum atomic E-state index is -0.952. The second-order valence-electron chi connectivity index (χ2n) is 15.0.